The first-order valence-corrected chi connectivity index (χ1v) is 10.8. The topological polar surface area (TPSA) is 75.7 Å². The summed E-state index contributed by atoms with van der Waals surface area (Å²) in [6.07, 6.45) is 6.71. The van der Waals surface area contributed by atoms with Gasteiger partial charge in [-0.25, -0.2) is 4.79 Å². The minimum absolute atomic E-state index is 0.0753. The molecule has 1 aliphatic carbocycles. The van der Waals surface area contributed by atoms with Crippen LogP contribution in [-0.2, 0) is 25.5 Å². The van der Waals surface area contributed by atoms with Crippen LogP contribution in [0.15, 0.2) is 30.3 Å². The van der Waals surface area contributed by atoms with Gasteiger partial charge in [0.2, 0.25) is 11.8 Å². The quantitative estimate of drug-likeness (QED) is 0.745. The SMILES string of the molecule is COC(=O)C1(NC(=O)C2CCN(C(=O)CCc3ccccc3)CC2)CCCCC1. The number of esters is 1. The number of nitrogens with one attached hydrogen (secondary N) is 1. The van der Waals surface area contributed by atoms with Gasteiger partial charge in [0.15, 0.2) is 0 Å². The van der Waals surface area contributed by atoms with Gasteiger partial charge in [-0.1, -0.05) is 49.6 Å². The number of amides is 2. The molecule has 6 nitrogen and oxygen atoms in total. The molecule has 1 saturated heterocycles. The Morgan fingerprint density at radius 3 is 2.34 bits per heavy atom. The second kappa shape index (κ2) is 9.90. The number of methoxy groups -OCH3 is 1. The third-order valence-electron chi connectivity index (χ3n) is 6.33. The number of likely N-dealkylation sites (tertiary alicyclic amines) is 1. The summed E-state index contributed by atoms with van der Waals surface area (Å²) < 4.78 is 4.99. The third-order valence-corrected chi connectivity index (χ3v) is 6.33. The monoisotopic (exact) mass is 400 g/mol. The van der Waals surface area contributed by atoms with E-state index in [0.29, 0.717) is 45.2 Å². The molecule has 158 valence electrons. The van der Waals surface area contributed by atoms with Crippen LogP contribution in [-0.4, -0.2) is 48.4 Å². The second-order valence-electron chi connectivity index (χ2n) is 8.26. The predicted molar refractivity (Wildman–Crippen MR) is 110 cm³/mol. The maximum atomic E-state index is 12.9. The molecule has 1 N–H and O–H groups in total. The van der Waals surface area contributed by atoms with Crippen LogP contribution >= 0.6 is 0 Å². The Morgan fingerprint density at radius 2 is 1.72 bits per heavy atom. The number of nitrogens with zero attached hydrogens (tertiary/aromatic N) is 1. The Morgan fingerprint density at radius 1 is 1.07 bits per heavy atom. The van der Waals surface area contributed by atoms with Gasteiger partial charge < -0.3 is 15.0 Å². The highest BCUT2D eigenvalue weighted by molar-refractivity contribution is 5.89. The summed E-state index contributed by atoms with van der Waals surface area (Å²) in [5.41, 5.74) is 0.294. The smallest absolute Gasteiger partial charge is 0.331 e. The summed E-state index contributed by atoms with van der Waals surface area (Å²) in [6, 6.07) is 10.0. The van der Waals surface area contributed by atoms with Gasteiger partial charge in [0.1, 0.15) is 5.54 Å². The number of carbonyl (C=O) groups excluding carboxylic acids is 3. The Kier molecular flexibility index (Phi) is 7.29. The van der Waals surface area contributed by atoms with E-state index in [1.54, 1.807) is 0 Å². The number of hydrogen-bond acceptors (Lipinski definition) is 4. The number of hydrogen-bond donors (Lipinski definition) is 1. The average molecular weight is 401 g/mol. The van der Waals surface area contributed by atoms with Gasteiger partial charge in [-0.05, 0) is 37.7 Å². The van der Waals surface area contributed by atoms with Crippen molar-refractivity contribution in [1.82, 2.24) is 10.2 Å². The Bertz CT molecular complexity index is 705. The lowest BCUT2D eigenvalue weighted by atomic mass is 9.81. The van der Waals surface area contributed by atoms with E-state index >= 15 is 0 Å². The van der Waals surface area contributed by atoms with Crippen molar-refractivity contribution in [1.29, 1.82) is 0 Å². The van der Waals surface area contributed by atoms with E-state index in [0.717, 1.165) is 31.2 Å². The average Bonchev–Trinajstić information content (AvgIpc) is 2.78. The van der Waals surface area contributed by atoms with E-state index < -0.39 is 5.54 Å². The molecule has 1 aliphatic heterocycles. The van der Waals surface area contributed by atoms with E-state index in [1.807, 2.05) is 35.2 Å². The molecule has 1 aromatic carbocycles. The van der Waals surface area contributed by atoms with Crippen LogP contribution in [0.1, 0.15) is 56.9 Å². The predicted octanol–water partition coefficient (Wildman–Crippen LogP) is 2.85. The highest BCUT2D eigenvalue weighted by Crippen LogP contribution is 2.30. The molecule has 0 aromatic heterocycles. The van der Waals surface area contributed by atoms with Crippen molar-refractivity contribution >= 4 is 17.8 Å². The minimum atomic E-state index is -0.868. The zero-order valence-electron chi connectivity index (χ0n) is 17.3. The molecule has 0 radical (unpaired) electrons. The maximum Gasteiger partial charge on any atom is 0.331 e. The zero-order valence-corrected chi connectivity index (χ0v) is 17.3. The molecule has 1 saturated carbocycles. The summed E-state index contributed by atoms with van der Waals surface area (Å²) in [5, 5.41) is 3.03. The largest absolute Gasteiger partial charge is 0.467 e. The van der Waals surface area contributed by atoms with E-state index in [-0.39, 0.29) is 23.7 Å². The summed E-state index contributed by atoms with van der Waals surface area (Å²) in [4.78, 5) is 39.6. The summed E-state index contributed by atoms with van der Waals surface area (Å²) in [5.74, 6) is -0.421. The fourth-order valence-corrected chi connectivity index (χ4v) is 4.51. The number of rotatable bonds is 6. The van der Waals surface area contributed by atoms with E-state index in [1.165, 1.54) is 7.11 Å². The van der Waals surface area contributed by atoms with Gasteiger partial charge in [-0.3, -0.25) is 9.59 Å². The Balaban J connectivity index is 1.48. The molecule has 1 aromatic rings. The Labute approximate surface area is 173 Å². The van der Waals surface area contributed by atoms with Crippen molar-refractivity contribution in [2.75, 3.05) is 20.2 Å². The Hall–Kier alpha value is -2.37. The second-order valence-corrected chi connectivity index (χ2v) is 8.26. The lowest BCUT2D eigenvalue weighted by molar-refractivity contribution is -0.153. The molecule has 29 heavy (non-hydrogen) atoms. The fourth-order valence-electron chi connectivity index (χ4n) is 4.51. The molecule has 0 bridgehead atoms. The number of ether oxygens (including phenoxy) is 1. The molecule has 1 heterocycles. The highest BCUT2D eigenvalue weighted by Gasteiger charge is 2.43. The molecule has 2 aliphatic rings. The molecule has 0 unspecified atom stereocenters. The van der Waals surface area contributed by atoms with Crippen LogP contribution in [0.5, 0.6) is 0 Å². The third kappa shape index (κ3) is 5.37. The van der Waals surface area contributed by atoms with Crippen LogP contribution in [0.25, 0.3) is 0 Å². The summed E-state index contributed by atoms with van der Waals surface area (Å²) in [7, 11) is 1.38. The van der Waals surface area contributed by atoms with Crippen molar-refractivity contribution in [2.45, 2.75) is 63.3 Å². The van der Waals surface area contributed by atoms with Gasteiger partial charge >= 0.3 is 5.97 Å². The van der Waals surface area contributed by atoms with Crippen molar-refractivity contribution < 1.29 is 19.1 Å². The molecule has 0 atom stereocenters. The minimum Gasteiger partial charge on any atom is -0.467 e. The van der Waals surface area contributed by atoms with Gasteiger partial charge in [0.05, 0.1) is 7.11 Å². The molecule has 2 amide bonds. The number of piperidine rings is 1. The standard InChI is InChI=1S/C23H32N2O4/c1-29-22(28)23(14-6-3-7-15-23)24-21(27)19-12-16-25(17-13-19)20(26)11-10-18-8-4-2-5-9-18/h2,4-5,8-9,19H,3,6-7,10-17H2,1H3,(H,24,27). The fraction of sp³-hybridized carbons (Fsp3) is 0.609. The van der Waals surface area contributed by atoms with E-state index in [2.05, 4.69) is 5.32 Å². The maximum absolute atomic E-state index is 12.9. The molecular weight excluding hydrogens is 368 g/mol. The first-order valence-electron chi connectivity index (χ1n) is 10.8. The van der Waals surface area contributed by atoms with E-state index in [9.17, 15) is 14.4 Å². The van der Waals surface area contributed by atoms with Crippen molar-refractivity contribution in [3.8, 4) is 0 Å². The lowest BCUT2D eigenvalue weighted by Crippen LogP contribution is -2.58. The number of carbonyl (C=O) groups is 3. The van der Waals surface area contributed by atoms with Gasteiger partial charge in [-0.2, -0.15) is 0 Å². The van der Waals surface area contributed by atoms with Gasteiger partial charge in [0.25, 0.3) is 0 Å². The highest BCUT2D eigenvalue weighted by atomic mass is 16.5. The van der Waals surface area contributed by atoms with Crippen LogP contribution < -0.4 is 5.32 Å². The summed E-state index contributed by atoms with van der Waals surface area (Å²) >= 11 is 0. The van der Waals surface area contributed by atoms with Gasteiger partial charge in [-0.15, -0.1) is 0 Å². The molecule has 0 spiro atoms. The first-order chi connectivity index (χ1) is 14.0. The van der Waals surface area contributed by atoms with Crippen molar-refractivity contribution in [3.63, 3.8) is 0 Å². The molecule has 2 fully saturated rings. The first kappa shape index (κ1) is 21.3. The lowest BCUT2D eigenvalue weighted by Gasteiger charge is -2.38. The van der Waals surface area contributed by atoms with E-state index in [4.69, 9.17) is 4.74 Å². The van der Waals surface area contributed by atoms with Crippen LogP contribution in [0.2, 0.25) is 0 Å². The van der Waals surface area contributed by atoms with Gasteiger partial charge in [0, 0.05) is 25.4 Å². The van der Waals surface area contributed by atoms with Crippen LogP contribution in [0, 0.1) is 5.92 Å². The normalized spacial score (nSPS) is 19.4. The van der Waals surface area contributed by atoms with Crippen molar-refractivity contribution in [2.24, 2.45) is 5.92 Å². The number of aryl methyl sites for hydroxylation is 1. The van der Waals surface area contributed by atoms with Crippen molar-refractivity contribution in [3.05, 3.63) is 35.9 Å². The molecule has 6 heteroatoms. The number of benzene rings is 1. The van der Waals surface area contributed by atoms with Crippen LogP contribution in [0.4, 0.5) is 0 Å². The molecular formula is C23H32N2O4. The summed E-state index contributed by atoms with van der Waals surface area (Å²) in [6.45, 7) is 1.19. The van der Waals surface area contributed by atoms with Crippen LogP contribution in [0.3, 0.4) is 0 Å². The molecule has 3 rings (SSSR count). The zero-order chi connectivity index (χ0) is 20.7.